The van der Waals surface area contributed by atoms with Crippen LogP contribution in [0.4, 0.5) is 0 Å². The summed E-state index contributed by atoms with van der Waals surface area (Å²) in [7, 11) is 0. The number of nitrogens with zero attached hydrogens (tertiary/aromatic N) is 2. The predicted molar refractivity (Wildman–Crippen MR) is 127 cm³/mol. The van der Waals surface area contributed by atoms with Crippen LogP contribution in [0.2, 0.25) is 0 Å². The van der Waals surface area contributed by atoms with Crippen molar-refractivity contribution in [3.63, 3.8) is 0 Å². The predicted octanol–water partition coefficient (Wildman–Crippen LogP) is 5.71. The van der Waals surface area contributed by atoms with Gasteiger partial charge in [0.2, 0.25) is 0 Å². The van der Waals surface area contributed by atoms with Crippen LogP contribution >= 0.6 is 0 Å². The lowest BCUT2D eigenvalue weighted by molar-refractivity contribution is 0.0956. The van der Waals surface area contributed by atoms with E-state index in [2.05, 4.69) is 10.5 Å². The molecule has 0 aliphatic rings. The number of aromatic nitrogens is 1. The third-order valence-electron chi connectivity index (χ3n) is 4.62. The maximum Gasteiger partial charge on any atom is 0.272 e. The third-order valence-corrected chi connectivity index (χ3v) is 4.62. The number of rotatable bonds is 7. The Morgan fingerprint density at radius 3 is 2.72 bits per heavy atom. The van der Waals surface area contributed by atoms with Crippen molar-refractivity contribution >= 4 is 29.1 Å². The van der Waals surface area contributed by atoms with Gasteiger partial charge in [0.15, 0.2) is 0 Å². The number of furan rings is 1. The largest absolute Gasteiger partial charge is 0.490 e. The van der Waals surface area contributed by atoms with Gasteiger partial charge in [-0.1, -0.05) is 30.3 Å². The van der Waals surface area contributed by atoms with Gasteiger partial charge in [-0.25, -0.2) is 10.4 Å². The van der Waals surface area contributed by atoms with E-state index in [-0.39, 0.29) is 12.0 Å². The number of nitrogens with one attached hydrogen (secondary N) is 1. The molecule has 0 saturated heterocycles. The molecule has 2 heterocycles. The van der Waals surface area contributed by atoms with Crippen LogP contribution in [-0.2, 0) is 0 Å². The van der Waals surface area contributed by atoms with E-state index in [1.165, 1.54) is 6.21 Å². The van der Waals surface area contributed by atoms with Gasteiger partial charge >= 0.3 is 0 Å². The van der Waals surface area contributed by atoms with Crippen molar-refractivity contribution in [2.45, 2.75) is 20.0 Å². The summed E-state index contributed by atoms with van der Waals surface area (Å²) in [6, 6.07) is 20.6. The normalized spacial score (nSPS) is 11.6. The minimum absolute atomic E-state index is 0.0166. The van der Waals surface area contributed by atoms with Gasteiger partial charge in [0, 0.05) is 17.2 Å². The molecule has 0 bridgehead atoms. The van der Waals surface area contributed by atoms with E-state index < -0.39 is 0 Å². The molecule has 6 heteroatoms. The molecule has 4 rings (SSSR count). The summed E-state index contributed by atoms with van der Waals surface area (Å²) in [4.78, 5) is 17.7. The SMILES string of the molecule is CC(C)Oc1ccccc1-c1cc(C(=O)N/N=C/C=C/c2ccco2)c2ccccc2n1. The molecule has 0 fully saturated rings. The quantitative estimate of drug-likeness (QED) is 0.304. The average Bonchev–Trinajstić information content (AvgIpc) is 3.31. The van der Waals surface area contributed by atoms with Crippen LogP contribution in [0.3, 0.4) is 0 Å². The third kappa shape index (κ3) is 4.92. The fraction of sp³-hybridized carbons (Fsp3) is 0.115. The maximum absolute atomic E-state index is 13.0. The lowest BCUT2D eigenvalue weighted by atomic mass is 10.0. The molecular formula is C26H23N3O3. The molecule has 0 atom stereocenters. The molecule has 2 aromatic carbocycles. The summed E-state index contributed by atoms with van der Waals surface area (Å²) in [5.41, 5.74) is 5.27. The monoisotopic (exact) mass is 425 g/mol. The zero-order valence-corrected chi connectivity index (χ0v) is 17.9. The maximum atomic E-state index is 13.0. The van der Waals surface area contributed by atoms with Gasteiger partial charge in [0.1, 0.15) is 11.5 Å². The molecule has 0 aliphatic heterocycles. The van der Waals surface area contributed by atoms with Gasteiger partial charge in [-0.3, -0.25) is 4.79 Å². The summed E-state index contributed by atoms with van der Waals surface area (Å²) in [6.45, 7) is 3.95. The molecular weight excluding hydrogens is 402 g/mol. The topological polar surface area (TPSA) is 76.7 Å². The Hall–Kier alpha value is -4.19. The summed E-state index contributed by atoms with van der Waals surface area (Å²) < 4.78 is 11.2. The number of ether oxygens (including phenoxy) is 1. The zero-order chi connectivity index (χ0) is 22.3. The fourth-order valence-corrected chi connectivity index (χ4v) is 3.26. The van der Waals surface area contributed by atoms with E-state index in [0.717, 1.165) is 22.2 Å². The fourth-order valence-electron chi connectivity index (χ4n) is 3.26. The summed E-state index contributed by atoms with van der Waals surface area (Å²) in [6.07, 6.45) is 6.55. The molecule has 1 N–H and O–H groups in total. The van der Waals surface area contributed by atoms with Crippen LogP contribution in [-0.4, -0.2) is 23.2 Å². The Bertz CT molecular complexity index is 1270. The van der Waals surface area contributed by atoms with E-state index >= 15 is 0 Å². The molecule has 2 aromatic heterocycles. The minimum Gasteiger partial charge on any atom is -0.490 e. The summed E-state index contributed by atoms with van der Waals surface area (Å²) in [5, 5.41) is 4.76. The van der Waals surface area contributed by atoms with Crippen LogP contribution < -0.4 is 10.2 Å². The molecule has 32 heavy (non-hydrogen) atoms. The first-order chi connectivity index (χ1) is 15.6. The van der Waals surface area contributed by atoms with Crippen LogP contribution in [0.15, 0.2) is 88.6 Å². The lowest BCUT2D eigenvalue weighted by Gasteiger charge is -2.15. The number of fused-ring (bicyclic) bond motifs is 1. The number of hydrogen-bond donors (Lipinski definition) is 1. The molecule has 1 amide bonds. The Morgan fingerprint density at radius 1 is 1.09 bits per heavy atom. The van der Waals surface area contributed by atoms with Gasteiger partial charge in [-0.2, -0.15) is 5.10 Å². The highest BCUT2D eigenvalue weighted by atomic mass is 16.5. The second kappa shape index (κ2) is 9.75. The van der Waals surface area contributed by atoms with E-state index in [4.69, 9.17) is 14.1 Å². The minimum atomic E-state index is -0.324. The molecule has 0 radical (unpaired) electrons. The van der Waals surface area contributed by atoms with E-state index in [9.17, 15) is 4.79 Å². The number of hydrogen-bond acceptors (Lipinski definition) is 5. The Morgan fingerprint density at radius 2 is 1.91 bits per heavy atom. The van der Waals surface area contributed by atoms with Crippen LogP contribution in [0, 0.1) is 0 Å². The standard InChI is InChI=1S/C26H23N3O3/c1-18(2)32-25-14-6-4-12-21(25)24-17-22(20-11-3-5-13-23(20)28-24)26(30)29-27-15-7-9-19-10-8-16-31-19/h3-18H,1-2H3,(H,29,30)/b9-7+,27-15+. The number of carbonyl (C=O) groups excluding carboxylic acids is 1. The summed E-state index contributed by atoms with van der Waals surface area (Å²) >= 11 is 0. The molecule has 0 spiro atoms. The number of benzene rings is 2. The van der Waals surface area contributed by atoms with Crippen molar-refractivity contribution in [2.75, 3.05) is 0 Å². The highest BCUT2D eigenvalue weighted by molar-refractivity contribution is 6.07. The first-order valence-corrected chi connectivity index (χ1v) is 10.3. The van der Waals surface area contributed by atoms with Crippen molar-refractivity contribution < 1.29 is 13.9 Å². The highest BCUT2D eigenvalue weighted by Gasteiger charge is 2.16. The van der Waals surface area contributed by atoms with Crippen LogP contribution in [0.1, 0.15) is 30.0 Å². The van der Waals surface area contributed by atoms with Crippen molar-refractivity contribution in [1.29, 1.82) is 0 Å². The molecule has 6 nitrogen and oxygen atoms in total. The van der Waals surface area contributed by atoms with E-state index in [0.29, 0.717) is 17.0 Å². The van der Waals surface area contributed by atoms with Gasteiger partial charge in [0.05, 0.1) is 29.1 Å². The van der Waals surface area contributed by atoms with Crippen molar-refractivity contribution in [1.82, 2.24) is 10.4 Å². The molecule has 160 valence electrons. The first-order valence-electron chi connectivity index (χ1n) is 10.3. The Kier molecular flexibility index (Phi) is 6.41. The number of para-hydroxylation sites is 2. The van der Waals surface area contributed by atoms with Gasteiger partial charge < -0.3 is 9.15 Å². The highest BCUT2D eigenvalue weighted by Crippen LogP contribution is 2.32. The smallest absolute Gasteiger partial charge is 0.272 e. The second-order valence-corrected chi connectivity index (χ2v) is 7.33. The number of carbonyl (C=O) groups is 1. The van der Waals surface area contributed by atoms with Crippen molar-refractivity contribution in [2.24, 2.45) is 5.10 Å². The second-order valence-electron chi connectivity index (χ2n) is 7.33. The van der Waals surface area contributed by atoms with E-state index in [1.54, 1.807) is 30.5 Å². The average molecular weight is 425 g/mol. The number of amides is 1. The number of allylic oxidation sites excluding steroid dienone is 1. The van der Waals surface area contributed by atoms with Gasteiger partial charge in [-0.05, 0) is 62.4 Å². The number of pyridine rings is 1. The Balaban J connectivity index is 1.65. The van der Waals surface area contributed by atoms with Crippen LogP contribution in [0.5, 0.6) is 5.75 Å². The first kappa shape index (κ1) is 21.1. The van der Waals surface area contributed by atoms with Crippen LogP contribution in [0.25, 0.3) is 28.2 Å². The lowest BCUT2D eigenvalue weighted by Crippen LogP contribution is -2.18. The van der Waals surface area contributed by atoms with Crippen molar-refractivity contribution in [3.05, 3.63) is 90.4 Å². The summed E-state index contributed by atoms with van der Waals surface area (Å²) in [5.74, 6) is 1.10. The molecule has 0 aliphatic carbocycles. The molecule has 4 aromatic rings. The zero-order valence-electron chi connectivity index (χ0n) is 17.9. The number of hydrazone groups is 1. The van der Waals surface area contributed by atoms with Crippen molar-refractivity contribution in [3.8, 4) is 17.0 Å². The Labute approximate surface area is 186 Å². The molecule has 0 saturated carbocycles. The van der Waals surface area contributed by atoms with E-state index in [1.807, 2.05) is 68.4 Å². The van der Waals surface area contributed by atoms with Gasteiger partial charge in [-0.15, -0.1) is 0 Å². The van der Waals surface area contributed by atoms with Gasteiger partial charge in [0.25, 0.3) is 5.91 Å². The molecule has 0 unspecified atom stereocenters.